The van der Waals surface area contributed by atoms with Crippen molar-refractivity contribution in [2.45, 2.75) is 20.4 Å². The minimum Gasteiger partial charge on any atom is -0.465 e. The molecule has 0 saturated heterocycles. The summed E-state index contributed by atoms with van der Waals surface area (Å²) in [7, 11) is -4.12. The van der Waals surface area contributed by atoms with E-state index in [1.165, 1.54) is 4.57 Å². The molecule has 2 aromatic heterocycles. The maximum atomic E-state index is 12.6. The van der Waals surface area contributed by atoms with Crippen LogP contribution in [0.4, 0.5) is 5.13 Å². The number of aryl methyl sites for hydroxylation is 1. The second-order valence-electron chi connectivity index (χ2n) is 8.24. The first-order valence-corrected chi connectivity index (χ1v) is 15.0. The van der Waals surface area contributed by atoms with E-state index >= 15 is 0 Å². The number of sulfone groups is 1. The number of nitrogens with one attached hydrogen (secondary N) is 1. The van der Waals surface area contributed by atoms with Crippen LogP contribution in [0, 0.1) is 6.92 Å². The standard InChI is InChI=1S/C25H24N4O6S3/c1-3-35-23(32)12-29-19-10-9-16(2)11-20(19)37-25(29)28-22(31)15-38(33,34)14-21(30)27-24-26-18(13-36-24)17-7-5-4-6-8-17/h4-11,13H,3,12,14-15H2,1-2H3,(H,26,27,30). The van der Waals surface area contributed by atoms with Gasteiger partial charge in [0.05, 0.1) is 22.5 Å². The lowest BCUT2D eigenvalue weighted by atomic mass is 10.2. The van der Waals surface area contributed by atoms with Crippen LogP contribution in [0.1, 0.15) is 12.5 Å². The third kappa shape index (κ3) is 7.00. The maximum absolute atomic E-state index is 12.6. The normalized spacial score (nSPS) is 12.0. The van der Waals surface area contributed by atoms with Crippen molar-refractivity contribution in [3.63, 3.8) is 0 Å². The third-order valence-electron chi connectivity index (χ3n) is 5.17. The van der Waals surface area contributed by atoms with Crippen LogP contribution in [0.3, 0.4) is 0 Å². The molecule has 0 radical (unpaired) electrons. The van der Waals surface area contributed by atoms with Crippen LogP contribution in [0.2, 0.25) is 0 Å². The number of aromatic nitrogens is 2. The summed E-state index contributed by atoms with van der Waals surface area (Å²) in [5, 5.41) is 4.47. The Kier molecular flexibility index (Phi) is 8.49. The molecule has 2 amide bonds. The second-order valence-corrected chi connectivity index (χ2v) is 12.2. The van der Waals surface area contributed by atoms with Crippen LogP contribution in [0.5, 0.6) is 0 Å². The number of rotatable bonds is 9. The number of esters is 1. The Morgan fingerprint density at radius 3 is 2.61 bits per heavy atom. The number of hydrogen-bond donors (Lipinski definition) is 1. The average Bonchev–Trinajstić information content (AvgIpc) is 3.43. The summed E-state index contributed by atoms with van der Waals surface area (Å²) in [6, 6.07) is 14.9. The number of carbonyl (C=O) groups excluding carboxylic acids is 3. The van der Waals surface area contributed by atoms with Gasteiger partial charge in [-0.2, -0.15) is 4.99 Å². The Bertz CT molecular complexity index is 1670. The van der Waals surface area contributed by atoms with Crippen LogP contribution < -0.4 is 10.1 Å². The fourth-order valence-corrected chi connectivity index (χ4v) is 6.46. The zero-order valence-corrected chi connectivity index (χ0v) is 23.0. The van der Waals surface area contributed by atoms with Gasteiger partial charge in [0.1, 0.15) is 18.1 Å². The van der Waals surface area contributed by atoms with Crippen molar-refractivity contribution in [3.8, 4) is 11.3 Å². The Balaban J connectivity index is 1.47. The van der Waals surface area contributed by atoms with Gasteiger partial charge in [-0.3, -0.25) is 14.4 Å². The van der Waals surface area contributed by atoms with Crippen molar-refractivity contribution >= 4 is 65.6 Å². The van der Waals surface area contributed by atoms with Gasteiger partial charge in [0.25, 0.3) is 5.91 Å². The molecule has 198 valence electrons. The lowest BCUT2D eigenvalue weighted by molar-refractivity contribution is -0.143. The molecule has 4 aromatic rings. The number of amides is 2. The van der Waals surface area contributed by atoms with E-state index in [1.54, 1.807) is 18.4 Å². The molecule has 2 heterocycles. The molecule has 0 bridgehead atoms. The molecule has 2 aromatic carbocycles. The van der Waals surface area contributed by atoms with E-state index < -0.39 is 39.1 Å². The minimum atomic E-state index is -4.12. The van der Waals surface area contributed by atoms with Gasteiger partial charge in [0.15, 0.2) is 19.8 Å². The first-order valence-electron chi connectivity index (χ1n) is 11.5. The zero-order chi connectivity index (χ0) is 27.3. The molecule has 0 aliphatic heterocycles. The number of anilines is 1. The molecule has 0 spiro atoms. The molecule has 4 rings (SSSR count). The van der Waals surface area contributed by atoms with Gasteiger partial charge in [-0.15, -0.1) is 11.3 Å². The van der Waals surface area contributed by atoms with E-state index in [-0.39, 0.29) is 23.1 Å². The predicted molar refractivity (Wildman–Crippen MR) is 147 cm³/mol. The van der Waals surface area contributed by atoms with Crippen LogP contribution in [-0.4, -0.2) is 53.9 Å². The third-order valence-corrected chi connectivity index (χ3v) is 8.35. The number of ether oxygens (including phenoxy) is 1. The van der Waals surface area contributed by atoms with E-state index in [2.05, 4.69) is 15.3 Å². The lowest BCUT2D eigenvalue weighted by Crippen LogP contribution is -2.28. The Labute approximate surface area is 226 Å². The van der Waals surface area contributed by atoms with Gasteiger partial charge in [0.2, 0.25) is 5.91 Å². The van der Waals surface area contributed by atoms with Crippen LogP contribution >= 0.6 is 22.7 Å². The van der Waals surface area contributed by atoms with Crippen molar-refractivity contribution in [1.29, 1.82) is 0 Å². The van der Waals surface area contributed by atoms with E-state index in [0.717, 1.165) is 38.5 Å². The smallest absolute Gasteiger partial charge is 0.326 e. The lowest BCUT2D eigenvalue weighted by Gasteiger charge is -2.05. The molecule has 0 aliphatic rings. The molecule has 1 N–H and O–H groups in total. The predicted octanol–water partition coefficient (Wildman–Crippen LogP) is 3.18. The van der Waals surface area contributed by atoms with Gasteiger partial charge in [-0.25, -0.2) is 13.4 Å². The van der Waals surface area contributed by atoms with Gasteiger partial charge in [-0.1, -0.05) is 47.7 Å². The number of thiazole rings is 2. The summed E-state index contributed by atoms with van der Waals surface area (Å²) in [5.74, 6) is -4.12. The molecule has 10 nitrogen and oxygen atoms in total. The van der Waals surface area contributed by atoms with E-state index in [1.807, 2.05) is 49.4 Å². The van der Waals surface area contributed by atoms with Crippen molar-refractivity contribution in [2.24, 2.45) is 4.99 Å². The Morgan fingerprint density at radius 1 is 1.11 bits per heavy atom. The maximum Gasteiger partial charge on any atom is 0.326 e. The molecule has 0 saturated carbocycles. The van der Waals surface area contributed by atoms with E-state index in [0.29, 0.717) is 11.2 Å². The molecule has 0 atom stereocenters. The molecule has 38 heavy (non-hydrogen) atoms. The number of nitrogens with zero attached hydrogens (tertiary/aromatic N) is 3. The largest absolute Gasteiger partial charge is 0.465 e. The van der Waals surface area contributed by atoms with Crippen LogP contribution in [0.25, 0.3) is 21.5 Å². The highest BCUT2D eigenvalue weighted by Gasteiger charge is 2.22. The molecule has 0 unspecified atom stereocenters. The second kappa shape index (κ2) is 11.8. The number of fused-ring (bicyclic) bond motifs is 1. The molecule has 0 fully saturated rings. The highest BCUT2D eigenvalue weighted by molar-refractivity contribution is 7.92. The summed E-state index contributed by atoms with van der Waals surface area (Å²) in [5.41, 5.74) is 3.16. The molecule has 0 aliphatic carbocycles. The number of carbonyl (C=O) groups is 3. The number of hydrogen-bond acceptors (Lipinski definition) is 9. The topological polar surface area (TPSA) is 137 Å². The summed E-state index contributed by atoms with van der Waals surface area (Å²) in [4.78, 5) is 45.6. The fourth-order valence-electron chi connectivity index (χ4n) is 3.56. The summed E-state index contributed by atoms with van der Waals surface area (Å²) >= 11 is 2.32. The first-order chi connectivity index (χ1) is 18.1. The molecular formula is C25H24N4O6S3. The molecule has 13 heteroatoms. The number of benzene rings is 2. The highest BCUT2D eigenvalue weighted by Crippen LogP contribution is 2.24. The van der Waals surface area contributed by atoms with Crippen molar-refractivity contribution in [1.82, 2.24) is 9.55 Å². The fraction of sp³-hybridized carbons (Fsp3) is 0.240. The SMILES string of the molecule is CCOC(=O)Cn1c(=NC(=O)CS(=O)(=O)CC(=O)Nc2nc(-c3ccccc3)cs2)sc2cc(C)ccc21. The Morgan fingerprint density at radius 2 is 1.87 bits per heavy atom. The van der Waals surface area contributed by atoms with Gasteiger partial charge in [-0.05, 0) is 31.5 Å². The summed E-state index contributed by atoms with van der Waals surface area (Å²) in [6.07, 6.45) is 0. The highest BCUT2D eigenvalue weighted by atomic mass is 32.2. The van der Waals surface area contributed by atoms with Crippen molar-refractivity contribution < 1.29 is 27.5 Å². The first kappa shape index (κ1) is 27.4. The van der Waals surface area contributed by atoms with Crippen LogP contribution in [-0.2, 0) is 35.5 Å². The molecular weight excluding hydrogens is 548 g/mol. The van der Waals surface area contributed by atoms with Gasteiger partial charge < -0.3 is 14.6 Å². The average molecular weight is 573 g/mol. The Hall–Kier alpha value is -3.68. The van der Waals surface area contributed by atoms with Crippen LogP contribution in [0.15, 0.2) is 58.9 Å². The monoisotopic (exact) mass is 572 g/mol. The zero-order valence-electron chi connectivity index (χ0n) is 20.5. The quantitative estimate of drug-likeness (QED) is 0.304. The van der Waals surface area contributed by atoms with E-state index in [9.17, 15) is 22.8 Å². The van der Waals surface area contributed by atoms with Gasteiger partial charge in [0, 0.05) is 10.9 Å². The van der Waals surface area contributed by atoms with E-state index in [4.69, 9.17) is 4.74 Å². The van der Waals surface area contributed by atoms with Gasteiger partial charge >= 0.3 is 5.97 Å². The minimum absolute atomic E-state index is 0.166. The summed E-state index contributed by atoms with van der Waals surface area (Å²) in [6.45, 7) is 3.60. The van der Waals surface area contributed by atoms with Crippen molar-refractivity contribution in [3.05, 3.63) is 64.3 Å². The summed E-state index contributed by atoms with van der Waals surface area (Å²) < 4.78 is 32.5. The van der Waals surface area contributed by atoms with Crippen molar-refractivity contribution in [2.75, 3.05) is 23.4 Å².